The van der Waals surface area contributed by atoms with E-state index >= 15 is 0 Å². The van der Waals surface area contributed by atoms with Gasteiger partial charge in [0.15, 0.2) is 0 Å². The third kappa shape index (κ3) is 3.69. The van der Waals surface area contributed by atoms with Gasteiger partial charge in [0.2, 0.25) is 0 Å². The molecule has 15 heavy (non-hydrogen) atoms. The van der Waals surface area contributed by atoms with Crippen molar-refractivity contribution in [3.63, 3.8) is 0 Å². The van der Waals surface area contributed by atoms with E-state index < -0.39 is 7.12 Å². The molecule has 0 radical (unpaired) electrons. The Balaban J connectivity index is 2.80. The van der Waals surface area contributed by atoms with Crippen molar-refractivity contribution >= 4 is 7.12 Å². The zero-order valence-electron chi connectivity index (χ0n) is 9.64. The molecule has 0 aliphatic carbocycles. The number of benzene rings is 1. The van der Waals surface area contributed by atoms with Crippen LogP contribution in [0.2, 0.25) is 6.32 Å². The highest BCUT2D eigenvalue weighted by Gasteiger charge is 2.15. The molecule has 0 spiro atoms. The summed E-state index contributed by atoms with van der Waals surface area (Å²) in [6, 6.07) is 8.33. The van der Waals surface area contributed by atoms with E-state index in [-0.39, 0.29) is 5.92 Å². The summed E-state index contributed by atoms with van der Waals surface area (Å²) in [5.74, 6) is 0.694. The third-order valence-electron chi connectivity index (χ3n) is 2.71. The molecule has 0 amide bonds. The average molecular weight is 206 g/mol. The first-order valence-electron chi connectivity index (χ1n) is 5.46. The molecule has 0 saturated carbocycles. The molecule has 82 valence electrons. The Bertz CT molecular complexity index is 310. The molecule has 0 bridgehead atoms. The predicted molar refractivity (Wildman–Crippen MR) is 63.9 cm³/mol. The molecule has 1 aromatic rings. The van der Waals surface area contributed by atoms with E-state index in [0.29, 0.717) is 12.2 Å². The largest absolute Gasteiger partial charge is 0.452 e. The van der Waals surface area contributed by atoms with Crippen molar-refractivity contribution in [1.29, 1.82) is 0 Å². The van der Waals surface area contributed by atoms with E-state index in [1.165, 1.54) is 11.1 Å². The van der Waals surface area contributed by atoms with Crippen LogP contribution in [0.3, 0.4) is 0 Å². The molecule has 1 atom stereocenters. The van der Waals surface area contributed by atoms with Crippen LogP contribution in [0.4, 0.5) is 0 Å². The minimum atomic E-state index is -1.22. The van der Waals surface area contributed by atoms with Gasteiger partial charge in [-0.05, 0) is 29.3 Å². The van der Waals surface area contributed by atoms with Crippen LogP contribution in [0, 0.1) is 0 Å². The highest BCUT2D eigenvalue weighted by molar-refractivity contribution is 6.41. The Morgan fingerprint density at radius 3 is 2.27 bits per heavy atom. The molecule has 3 heteroatoms. The molecule has 0 fully saturated rings. The Kier molecular flexibility index (Phi) is 4.36. The van der Waals surface area contributed by atoms with Gasteiger partial charge < -0.3 is 10.0 Å². The molecule has 2 nitrogen and oxygen atoms in total. The van der Waals surface area contributed by atoms with Gasteiger partial charge in [-0.2, -0.15) is 0 Å². The molecule has 1 aromatic carbocycles. The smallest absolute Gasteiger partial charge is 0.427 e. The van der Waals surface area contributed by atoms with Crippen molar-refractivity contribution in [3.8, 4) is 0 Å². The molecule has 2 N–H and O–H groups in total. The van der Waals surface area contributed by atoms with Crippen molar-refractivity contribution in [1.82, 2.24) is 0 Å². The van der Waals surface area contributed by atoms with Gasteiger partial charge in [-0.15, -0.1) is 0 Å². The maximum Gasteiger partial charge on any atom is 0.452 e. The van der Waals surface area contributed by atoms with E-state index in [1.807, 2.05) is 19.1 Å². The lowest BCUT2D eigenvalue weighted by Crippen LogP contribution is -2.14. The lowest BCUT2D eigenvalue weighted by atomic mass is 9.76. The summed E-state index contributed by atoms with van der Waals surface area (Å²) in [6.45, 7) is 6.33. The highest BCUT2D eigenvalue weighted by Crippen LogP contribution is 2.24. The van der Waals surface area contributed by atoms with Gasteiger partial charge >= 0.3 is 7.12 Å². The summed E-state index contributed by atoms with van der Waals surface area (Å²) in [4.78, 5) is 0. The van der Waals surface area contributed by atoms with Crippen LogP contribution in [0.25, 0.3) is 0 Å². The van der Waals surface area contributed by atoms with Gasteiger partial charge in [0.05, 0.1) is 0 Å². The Morgan fingerprint density at radius 1 is 1.13 bits per heavy atom. The molecule has 0 saturated heterocycles. The first-order chi connectivity index (χ1) is 7.00. The fraction of sp³-hybridized carbons (Fsp3) is 0.500. The van der Waals surface area contributed by atoms with Crippen LogP contribution in [0.15, 0.2) is 24.3 Å². The second-order valence-corrected chi connectivity index (χ2v) is 4.44. The van der Waals surface area contributed by atoms with E-state index in [1.54, 1.807) is 0 Å². The molecular formula is C12H19BO2. The second kappa shape index (κ2) is 5.33. The molecule has 0 aromatic heterocycles. The standard InChI is InChI=1S/C12H19BO2/c1-9(2)11-5-4-6-12(7-11)10(3)8-13(14)15/h4-7,9-10,14-15H,8H2,1-3H3/t10-/m0/s1. The fourth-order valence-corrected chi connectivity index (χ4v) is 1.68. The van der Waals surface area contributed by atoms with Crippen LogP contribution in [-0.2, 0) is 0 Å². The van der Waals surface area contributed by atoms with Gasteiger partial charge in [-0.3, -0.25) is 0 Å². The Morgan fingerprint density at radius 2 is 1.73 bits per heavy atom. The van der Waals surface area contributed by atoms with E-state index in [9.17, 15) is 0 Å². The van der Waals surface area contributed by atoms with Gasteiger partial charge in [0, 0.05) is 0 Å². The number of hydrogen-bond acceptors (Lipinski definition) is 2. The summed E-state index contributed by atoms with van der Waals surface area (Å²) in [5.41, 5.74) is 2.47. The summed E-state index contributed by atoms with van der Waals surface area (Å²) < 4.78 is 0. The minimum Gasteiger partial charge on any atom is -0.427 e. The lowest BCUT2D eigenvalue weighted by molar-refractivity contribution is 0.400. The van der Waals surface area contributed by atoms with Crippen molar-refractivity contribution in [2.24, 2.45) is 0 Å². The third-order valence-corrected chi connectivity index (χ3v) is 2.71. The molecular weight excluding hydrogens is 187 g/mol. The molecule has 1 rings (SSSR count). The van der Waals surface area contributed by atoms with E-state index in [2.05, 4.69) is 26.0 Å². The van der Waals surface area contributed by atoms with Crippen LogP contribution in [-0.4, -0.2) is 17.2 Å². The predicted octanol–water partition coefficient (Wildman–Crippen LogP) is 2.39. The summed E-state index contributed by atoms with van der Waals surface area (Å²) in [7, 11) is -1.22. The summed E-state index contributed by atoms with van der Waals surface area (Å²) in [6.07, 6.45) is 0.390. The van der Waals surface area contributed by atoms with Crippen molar-refractivity contribution < 1.29 is 10.0 Å². The molecule has 0 aliphatic rings. The van der Waals surface area contributed by atoms with E-state index in [4.69, 9.17) is 10.0 Å². The fourth-order valence-electron chi connectivity index (χ4n) is 1.68. The van der Waals surface area contributed by atoms with Gasteiger partial charge in [0.25, 0.3) is 0 Å². The van der Waals surface area contributed by atoms with Crippen LogP contribution in [0.5, 0.6) is 0 Å². The number of rotatable bonds is 4. The Labute approximate surface area is 92.1 Å². The van der Waals surface area contributed by atoms with Crippen molar-refractivity contribution in [2.45, 2.75) is 38.9 Å². The first kappa shape index (κ1) is 12.3. The molecule has 0 heterocycles. The minimum absolute atomic E-state index is 0.184. The quantitative estimate of drug-likeness (QED) is 0.742. The van der Waals surface area contributed by atoms with Crippen LogP contribution in [0.1, 0.15) is 43.7 Å². The SMILES string of the molecule is CC(C)c1cccc([C@@H](C)CB(O)O)c1. The van der Waals surface area contributed by atoms with Crippen LogP contribution < -0.4 is 0 Å². The molecule has 0 aliphatic heterocycles. The highest BCUT2D eigenvalue weighted by atomic mass is 16.4. The normalized spacial score (nSPS) is 12.9. The van der Waals surface area contributed by atoms with E-state index in [0.717, 1.165) is 0 Å². The maximum absolute atomic E-state index is 8.92. The Hall–Kier alpha value is -0.795. The maximum atomic E-state index is 8.92. The molecule has 0 unspecified atom stereocenters. The van der Waals surface area contributed by atoms with Gasteiger partial charge in [-0.1, -0.05) is 45.0 Å². The van der Waals surface area contributed by atoms with Crippen molar-refractivity contribution in [2.75, 3.05) is 0 Å². The monoisotopic (exact) mass is 206 g/mol. The zero-order chi connectivity index (χ0) is 11.4. The second-order valence-electron chi connectivity index (χ2n) is 4.44. The topological polar surface area (TPSA) is 40.5 Å². The zero-order valence-corrected chi connectivity index (χ0v) is 9.64. The first-order valence-corrected chi connectivity index (χ1v) is 5.46. The van der Waals surface area contributed by atoms with Crippen LogP contribution >= 0.6 is 0 Å². The average Bonchev–Trinajstić information content (AvgIpc) is 2.17. The number of hydrogen-bond donors (Lipinski definition) is 2. The van der Waals surface area contributed by atoms with Crippen molar-refractivity contribution in [3.05, 3.63) is 35.4 Å². The van der Waals surface area contributed by atoms with Gasteiger partial charge in [-0.25, -0.2) is 0 Å². The summed E-state index contributed by atoms with van der Waals surface area (Å²) in [5, 5.41) is 17.8. The van der Waals surface area contributed by atoms with Gasteiger partial charge in [0.1, 0.15) is 0 Å². The summed E-state index contributed by atoms with van der Waals surface area (Å²) >= 11 is 0. The lowest BCUT2D eigenvalue weighted by Gasteiger charge is -2.13.